The molecule has 3 N–H and O–H groups in total. The second kappa shape index (κ2) is 74.3. The van der Waals surface area contributed by atoms with Crippen molar-refractivity contribution in [3.05, 3.63) is 48.6 Å². The lowest BCUT2D eigenvalue weighted by Gasteiger charge is -2.20. The van der Waals surface area contributed by atoms with Crippen LogP contribution in [0.5, 0.6) is 0 Å². The van der Waals surface area contributed by atoms with Crippen molar-refractivity contribution in [3.63, 3.8) is 0 Å². The van der Waals surface area contributed by atoms with E-state index in [1.807, 2.05) is 6.08 Å². The number of esters is 1. The summed E-state index contributed by atoms with van der Waals surface area (Å²) in [5, 5.41) is 23.2. The van der Waals surface area contributed by atoms with E-state index in [1.165, 1.54) is 340 Å². The van der Waals surface area contributed by atoms with Crippen molar-refractivity contribution in [3.8, 4) is 0 Å². The molecule has 0 aliphatic rings. The molecule has 500 valence electrons. The van der Waals surface area contributed by atoms with Crippen LogP contribution in [-0.2, 0) is 14.3 Å². The fourth-order valence-electron chi connectivity index (χ4n) is 12.0. The second-order valence-electron chi connectivity index (χ2n) is 26.3. The molecule has 0 saturated carbocycles. The van der Waals surface area contributed by atoms with Crippen LogP contribution in [0.1, 0.15) is 418 Å². The van der Waals surface area contributed by atoms with E-state index in [0.29, 0.717) is 19.4 Å². The smallest absolute Gasteiger partial charge is 0.305 e. The Labute approximate surface area is 531 Å². The maximum absolute atomic E-state index is 12.5. The first kappa shape index (κ1) is 82.8. The third-order valence-electron chi connectivity index (χ3n) is 17.8. The van der Waals surface area contributed by atoms with Crippen molar-refractivity contribution in [1.82, 2.24) is 5.32 Å². The van der Waals surface area contributed by atoms with Gasteiger partial charge in [0, 0.05) is 12.8 Å². The molecule has 0 rings (SSSR count). The molecule has 0 aromatic heterocycles. The van der Waals surface area contributed by atoms with Crippen LogP contribution in [0.2, 0.25) is 0 Å². The van der Waals surface area contributed by atoms with Crippen molar-refractivity contribution in [1.29, 1.82) is 0 Å². The number of unbranched alkanes of at least 4 members (excludes halogenated alkanes) is 55. The SMILES string of the molecule is CCCCCCCCC/C=C\CCCCCCCCCC(=O)OCCCCCCCCCCC/C=C\C/C=C\CCCCCCCCCCCCCCCCCCCC(=O)NC(CO)C(O)/C=C/CCCCCCCCCCCCCCCCC. The molecule has 85 heavy (non-hydrogen) atoms. The highest BCUT2D eigenvalue weighted by atomic mass is 16.5. The number of carbonyl (C=O) groups is 2. The topological polar surface area (TPSA) is 95.9 Å². The Hall–Kier alpha value is -2.18. The van der Waals surface area contributed by atoms with Gasteiger partial charge < -0.3 is 20.3 Å². The summed E-state index contributed by atoms with van der Waals surface area (Å²) in [5.74, 6) is -0.0518. The highest BCUT2D eigenvalue weighted by Gasteiger charge is 2.18. The molecule has 2 atom stereocenters. The summed E-state index contributed by atoms with van der Waals surface area (Å²) in [6, 6.07) is -0.627. The molecule has 6 heteroatoms. The first-order valence-corrected chi connectivity index (χ1v) is 38.4. The molecule has 0 radical (unpaired) electrons. The van der Waals surface area contributed by atoms with Gasteiger partial charge in [0.25, 0.3) is 0 Å². The molecule has 0 spiro atoms. The van der Waals surface area contributed by atoms with Crippen molar-refractivity contribution in [2.45, 2.75) is 431 Å². The fourth-order valence-corrected chi connectivity index (χ4v) is 12.0. The summed E-state index contributed by atoms with van der Waals surface area (Å²) in [5.41, 5.74) is 0. The largest absolute Gasteiger partial charge is 0.466 e. The zero-order valence-corrected chi connectivity index (χ0v) is 57.4. The quantitative estimate of drug-likeness (QED) is 0.0320. The number of allylic oxidation sites excluding steroid dienone is 7. The van der Waals surface area contributed by atoms with Crippen LogP contribution >= 0.6 is 0 Å². The van der Waals surface area contributed by atoms with Gasteiger partial charge in [-0.3, -0.25) is 9.59 Å². The van der Waals surface area contributed by atoms with Gasteiger partial charge in [0.05, 0.1) is 25.4 Å². The third-order valence-corrected chi connectivity index (χ3v) is 17.8. The van der Waals surface area contributed by atoms with Crippen LogP contribution in [0.25, 0.3) is 0 Å². The van der Waals surface area contributed by atoms with Gasteiger partial charge in [0.2, 0.25) is 5.91 Å². The van der Waals surface area contributed by atoms with Gasteiger partial charge in [-0.1, -0.05) is 364 Å². The number of carbonyl (C=O) groups excluding carboxylic acids is 2. The van der Waals surface area contributed by atoms with Crippen molar-refractivity contribution >= 4 is 11.9 Å². The van der Waals surface area contributed by atoms with E-state index in [0.717, 1.165) is 51.4 Å². The maximum Gasteiger partial charge on any atom is 0.305 e. The molecule has 2 unspecified atom stereocenters. The lowest BCUT2D eigenvalue weighted by Crippen LogP contribution is -2.45. The number of hydrogen-bond donors (Lipinski definition) is 3. The highest BCUT2D eigenvalue weighted by molar-refractivity contribution is 5.76. The van der Waals surface area contributed by atoms with Gasteiger partial charge in [0.1, 0.15) is 0 Å². The minimum atomic E-state index is -0.844. The summed E-state index contributed by atoms with van der Waals surface area (Å²) >= 11 is 0. The maximum atomic E-state index is 12.5. The van der Waals surface area contributed by atoms with Crippen LogP contribution in [0.3, 0.4) is 0 Å². The Balaban J connectivity index is 3.39. The number of ether oxygens (including phenoxy) is 1. The van der Waals surface area contributed by atoms with E-state index in [-0.39, 0.29) is 18.5 Å². The van der Waals surface area contributed by atoms with E-state index < -0.39 is 12.1 Å². The average molecular weight is 1190 g/mol. The summed E-state index contributed by atoms with van der Waals surface area (Å²) in [6.07, 6.45) is 97.9. The molecule has 0 heterocycles. The predicted octanol–water partition coefficient (Wildman–Crippen LogP) is 25.2. The standard InChI is InChI=1S/C79H149NO5/c1-3-5-7-9-11-13-15-17-19-21-41-45-49-53-57-61-65-69-73-79(84)85-74-70-66-62-58-54-50-46-42-38-36-34-32-30-28-26-24-22-23-25-27-29-31-33-35-37-40-44-48-52-56-60-64-68-72-78(83)80-76(75-81)77(82)71-67-63-59-55-51-47-43-39-20-18-16-14-12-10-8-6-4-2/h19,21,26,28,32,34,67,71,76-77,81-82H,3-18,20,22-25,27,29-31,33,35-66,68-70,72-75H2,1-2H3,(H,80,83)/b21-19-,28-26-,34-32-,71-67+. The van der Waals surface area contributed by atoms with E-state index in [4.69, 9.17) is 4.74 Å². The number of amides is 1. The second-order valence-corrected chi connectivity index (χ2v) is 26.3. The molecule has 0 fully saturated rings. The van der Waals surface area contributed by atoms with E-state index in [9.17, 15) is 19.8 Å². The fraction of sp³-hybridized carbons (Fsp3) is 0.873. The summed E-state index contributed by atoms with van der Waals surface area (Å²) in [6.45, 7) is 4.93. The van der Waals surface area contributed by atoms with E-state index in [2.05, 4.69) is 55.6 Å². The predicted molar refractivity (Wildman–Crippen MR) is 375 cm³/mol. The van der Waals surface area contributed by atoms with E-state index >= 15 is 0 Å². The highest BCUT2D eigenvalue weighted by Crippen LogP contribution is 2.19. The molecule has 0 aromatic rings. The Morgan fingerprint density at radius 1 is 0.329 bits per heavy atom. The lowest BCUT2D eigenvalue weighted by atomic mass is 10.0. The first-order chi connectivity index (χ1) is 42.0. The molecule has 0 aliphatic heterocycles. The van der Waals surface area contributed by atoms with Crippen LogP contribution < -0.4 is 5.32 Å². The Morgan fingerprint density at radius 2 is 0.588 bits per heavy atom. The molecule has 0 bridgehead atoms. The molecule has 1 amide bonds. The van der Waals surface area contributed by atoms with Crippen molar-refractivity contribution < 1.29 is 24.5 Å². The van der Waals surface area contributed by atoms with Gasteiger partial charge in [0.15, 0.2) is 0 Å². The van der Waals surface area contributed by atoms with E-state index in [1.54, 1.807) is 6.08 Å². The Morgan fingerprint density at radius 3 is 0.906 bits per heavy atom. The number of aliphatic hydroxyl groups excluding tert-OH is 2. The molecule has 0 aliphatic carbocycles. The molecule has 0 saturated heterocycles. The van der Waals surface area contributed by atoms with Gasteiger partial charge in [-0.15, -0.1) is 0 Å². The van der Waals surface area contributed by atoms with Crippen molar-refractivity contribution in [2.75, 3.05) is 13.2 Å². The monoisotopic (exact) mass is 1190 g/mol. The zero-order valence-electron chi connectivity index (χ0n) is 57.4. The Kier molecular flexibility index (Phi) is 72.4. The molecule has 0 aromatic carbocycles. The minimum absolute atomic E-state index is 0.0114. The number of rotatable bonds is 72. The van der Waals surface area contributed by atoms with Crippen LogP contribution in [-0.4, -0.2) is 47.4 Å². The number of nitrogens with one attached hydrogen (secondary N) is 1. The summed E-state index contributed by atoms with van der Waals surface area (Å²) in [4.78, 5) is 24.6. The lowest BCUT2D eigenvalue weighted by molar-refractivity contribution is -0.143. The molecular formula is C79H149NO5. The van der Waals surface area contributed by atoms with Gasteiger partial charge in [-0.2, -0.15) is 0 Å². The molecule has 6 nitrogen and oxygen atoms in total. The zero-order chi connectivity index (χ0) is 61.3. The normalized spacial score (nSPS) is 12.8. The Bertz CT molecular complexity index is 1420. The van der Waals surface area contributed by atoms with Crippen molar-refractivity contribution in [2.24, 2.45) is 0 Å². The van der Waals surface area contributed by atoms with Gasteiger partial charge in [-0.25, -0.2) is 0 Å². The third kappa shape index (κ3) is 70.8. The van der Waals surface area contributed by atoms with Crippen LogP contribution in [0.15, 0.2) is 48.6 Å². The number of hydrogen-bond acceptors (Lipinski definition) is 5. The van der Waals surface area contributed by atoms with Crippen LogP contribution in [0, 0.1) is 0 Å². The minimum Gasteiger partial charge on any atom is -0.466 e. The first-order valence-electron chi connectivity index (χ1n) is 38.4. The number of aliphatic hydroxyl groups is 2. The molecular weight excluding hydrogens is 1040 g/mol. The average Bonchev–Trinajstić information content (AvgIpc) is 3.50. The van der Waals surface area contributed by atoms with Gasteiger partial charge >= 0.3 is 5.97 Å². The summed E-state index contributed by atoms with van der Waals surface area (Å²) < 4.78 is 5.50. The van der Waals surface area contributed by atoms with Gasteiger partial charge in [-0.05, 0) is 89.9 Å². The summed E-state index contributed by atoms with van der Waals surface area (Å²) in [7, 11) is 0. The van der Waals surface area contributed by atoms with Crippen LogP contribution in [0.4, 0.5) is 0 Å².